The number of hydrogen-bond donors (Lipinski definition) is 1. The second kappa shape index (κ2) is 8.22. The zero-order valence-electron chi connectivity index (χ0n) is 12.2. The number of nitrogens with zero attached hydrogens (tertiary/aromatic N) is 2. The van der Waals surface area contributed by atoms with E-state index in [0.717, 1.165) is 31.9 Å². The first-order valence-corrected chi connectivity index (χ1v) is 7.04. The molecular weight excluding hydrogens is 222 g/mol. The molecule has 0 saturated heterocycles. The molecule has 102 valence electrons. The van der Waals surface area contributed by atoms with E-state index in [2.05, 4.69) is 48.1 Å². The molecule has 3 nitrogen and oxygen atoms in total. The first kappa shape index (κ1) is 15.1. The monoisotopic (exact) mass is 249 g/mol. The van der Waals surface area contributed by atoms with Gasteiger partial charge in [0, 0.05) is 24.8 Å². The fraction of sp³-hybridized carbons (Fsp3) is 0.667. The van der Waals surface area contributed by atoms with Crippen LogP contribution in [0.3, 0.4) is 0 Å². The maximum absolute atomic E-state index is 4.57. The van der Waals surface area contributed by atoms with Gasteiger partial charge in [-0.1, -0.05) is 19.9 Å². The summed E-state index contributed by atoms with van der Waals surface area (Å²) in [5.74, 6) is 0. The standard InChI is InChI=1S/C15H27N3/c1-5-16-13(3)10-11-18(6-2)12-15-9-7-8-14(4)17-15/h7-9,13,16H,5-6,10-12H2,1-4H3. The van der Waals surface area contributed by atoms with Crippen LogP contribution in [0.4, 0.5) is 0 Å². The molecule has 3 heteroatoms. The summed E-state index contributed by atoms with van der Waals surface area (Å²) in [5.41, 5.74) is 2.28. The smallest absolute Gasteiger partial charge is 0.0547 e. The van der Waals surface area contributed by atoms with Gasteiger partial charge in [-0.2, -0.15) is 0 Å². The zero-order valence-corrected chi connectivity index (χ0v) is 12.2. The van der Waals surface area contributed by atoms with Crippen molar-refractivity contribution in [3.8, 4) is 0 Å². The molecule has 1 aromatic heterocycles. The first-order chi connectivity index (χ1) is 8.65. The van der Waals surface area contributed by atoms with E-state index in [1.54, 1.807) is 0 Å². The third kappa shape index (κ3) is 5.61. The Kier molecular flexibility index (Phi) is 6.91. The lowest BCUT2D eigenvalue weighted by Crippen LogP contribution is -2.32. The Bertz CT molecular complexity index is 338. The van der Waals surface area contributed by atoms with E-state index in [9.17, 15) is 0 Å². The molecule has 0 fully saturated rings. The fourth-order valence-corrected chi connectivity index (χ4v) is 2.09. The lowest BCUT2D eigenvalue weighted by Gasteiger charge is -2.22. The van der Waals surface area contributed by atoms with Crippen molar-refractivity contribution in [2.75, 3.05) is 19.6 Å². The highest BCUT2D eigenvalue weighted by Crippen LogP contribution is 2.05. The average Bonchev–Trinajstić information content (AvgIpc) is 2.35. The second-order valence-electron chi connectivity index (χ2n) is 4.89. The van der Waals surface area contributed by atoms with E-state index in [-0.39, 0.29) is 0 Å². The van der Waals surface area contributed by atoms with Crippen molar-refractivity contribution in [2.24, 2.45) is 0 Å². The van der Waals surface area contributed by atoms with Crippen molar-refractivity contribution in [3.05, 3.63) is 29.6 Å². The Morgan fingerprint density at radius 1 is 1.33 bits per heavy atom. The van der Waals surface area contributed by atoms with Crippen molar-refractivity contribution in [3.63, 3.8) is 0 Å². The van der Waals surface area contributed by atoms with Crippen LogP contribution in [0.5, 0.6) is 0 Å². The molecule has 18 heavy (non-hydrogen) atoms. The van der Waals surface area contributed by atoms with Crippen LogP contribution in [0.15, 0.2) is 18.2 Å². The molecule has 0 aliphatic heterocycles. The highest BCUT2D eigenvalue weighted by Gasteiger charge is 2.07. The summed E-state index contributed by atoms with van der Waals surface area (Å²) in [6, 6.07) is 6.85. The number of nitrogens with one attached hydrogen (secondary N) is 1. The topological polar surface area (TPSA) is 28.2 Å². The second-order valence-corrected chi connectivity index (χ2v) is 4.89. The van der Waals surface area contributed by atoms with Crippen molar-refractivity contribution >= 4 is 0 Å². The van der Waals surface area contributed by atoms with Gasteiger partial charge in [0.1, 0.15) is 0 Å². The summed E-state index contributed by atoms with van der Waals surface area (Å²) < 4.78 is 0. The van der Waals surface area contributed by atoms with Crippen LogP contribution in [0.25, 0.3) is 0 Å². The molecule has 1 rings (SSSR count). The lowest BCUT2D eigenvalue weighted by atomic mass is 10.2. The van der Waals surface area contributed by atoms with Gasteiger partial charge in [-0.15, -0.1) is 0 Å². The summed E-state index contributed by atoms with van der Waals surface area (Å²) in [6.45, 7) is 12.9. The maximum atomic E-state index is 4.57. The van der Waals surface area contributed by atoms with Gasteiger partial charge in [-0.3, -0.25) is 9.88 Å². The Morgan fingerprint density at radius 3 is 2.72 bits per heavy atom. The van der Waals surface area contributed by atoms with Gasteiger partial charge in [-0.25, -0.2) is 0 Å². The van der Waals surface area contributed by atoms with E-state index in [4.69, 9.17) is 0 Å². The van der Waals surface area contributed by atoms with E-state index in [1.807, 2.05) is 13.0 Å². The number of aryl methyl sites for hydroxylation is 1. The van der Waals surface area contributed by atoms with Crippen molar-refractivity contribution in [1.29, 1.82) is 0 Å². The van der Waals surface area contributed by atoms with Crippen LogP contribution in [0, 0.1) is 6.92 Å². The summed E-state index contributed by atoms with van der Waals surface area (Å²) in [6.07, 6.45) is 1.19. The van der Waals surface area contributed by atoms with Gasteiger partial charge in [0.05, 0.1) is 5.69 Å². The average molecular weight is 249 g/mol. The van der Waals surface area contributed by atoms with Crippen molar-refractivity contribution in [2.45, 2.75) is 46.7 Å². The van der Waals surface area contributed by atoms with Gasteiger partial charge in [0.15, 0.2) is 0 Å². The van der Waals surface area contributed by atoms with Crippen LogP contribution in [0.1, 0.15) is 38.6 Å². The number of rotatable bonds is 8. The zero-order chi connectivity index (χ0) is 13.4. The largest absolute Gasteiger partial charge is 0.314 e. The van der Waals surface area contributed by atoms with Crippen LogP contribution >= 0.6 is 0 Å². The number of aromatic nitrogens is 1. The molecule has 0 aliphatic carbocycles. The number of pyridine rings is 1. The molecule has 1 unspecified atom stereocenters. The molecule has 0 spiro atoms. The molecule has 1 N–H and O–H groups in total. The van der Waals surface area contributed by atoms with Gasteiger partial charge in [0.2, 0.25) is 0 Å². The summed E-state index contributed by atoms with van der Waals surface area (Å²) in [5, 5.41) is 3.46. The summed E-state index contributed by atoms with van der Waals surface area (Å²) in [7, 11) is 0. The van der Waals surface area contributed by atoms with Crippen molar-refractivity contribution in [1.82, 2.24) is 15.2 Å². The highest BCUT2D eigenvalue weighted by molar-refractivity contribution is 5.09. The predicted molar refractivity (Wildman–Crippen MR) is 77.7 cm³/mol. The van der Waals surface area contributed by atoms with Gasteiger partial charge < -0.3 is 5.32 Å². The minimum Gasteiger partial charge on any atom is -0.314 e. The molecule has 0 bridgehead atoms. The maximum Gasteiger partial charge on any atom is 0.0547 e. The quantitative estimate of drug-likeness (QED) is 0.767. The molecule has 0 aromatic carbocycles. The van der Waals surface area contributed by atoms with Crippen LogP contribution in [-0.2, 0) is 6.54 Å². The predicted octanol–water partition coefficient (Wildman–Crippen LogP) is 2.60. The molecule has 0 aliphatic rings. The summed E-state index contributed by atoms with van der Waals surface area (Å²) in [4.78, 5) is 7.02. The molecule has 1 heterocycles. The Labute approximate surface area is 112 Å². The van der Waals surface area contributed by atoms with Crippen LogP contribution in [-0.4, -0.2) is 35.6 Å². The first-order valence-electron chi connectivity index (χ1n) is 7.04. The third-order valence-corrected chi connectivity index (χ3v) is 3.21. The SMILES string of the molecule is CCNC(C)CCN(CC)Cc1cccc(C)n1. The number of hydrogen-bond acceptors (Lipinski definition) is 3. The van der Waals surface area contributed by atoms with Gasteiger partial charge >= 0.3 is 0 Å². The van der Waals surface area contributed by atoms with Crippen molar-refractivity contribution < 1.29 is 0 Å². The molecule has 1 atom stereocenters. The van der Waals surface area contributed by atoms with Gasteiger partial charge in [0.25, 0.3) is 0 Å². The highest BCUT2D eigenvalue weighted by atomic mass is 15.1. The third-order valence-electron chi connectivity index (χ3n) is 3.21. The molecule has 0 amide bonds. The van der Waals surface area contributed by atoms with Crippen LogP contribution in [0.2, 0.25) is 0 Å². The normalized spacial score (nSPS) is 12.9. The Morgan fingerprint density at radius 2 is 2.11 bits per heavy atom. The van der Waals surface area contributed by atoms with E-state index < -0.39 is 0 Å². The van der Waals surface area contributed by atoms with Gasteiger partial charge in [-0.05, 0) is 45.5 Å². The van der Waals surface area contributed by atoms with E-state index in [0.29, 0.717) is 6.04 Å². The minimum atomic E-state index is 0.592. The molecule has 0 saturated carbocycles. The van der Waals surface area contributed by atoms with E-state index in [1.165, 1.54) is 12.1 Å². The minimum absolute atomic E-state index is 0.592. The Balaban J connectivity index is 2.42. The summed E-state index contributed by atoms with van der Waals surface area (Å²) >= 11 is 0. The van der Waals surface area contributed by atoms with Crippen LogP contribution < -0.4 is 5.32 Å². The molecular formula is C15H27N3. The Hall–Kier alpha value is -0.930. The lowest BCUT2D eigenvalue weighted by molar-refractivity contribution is 0.261. The molecule has 1 aromatic rings. The molecule has 0 radical (unpaired) electrons. The fourth-order valence-electron chi connectivity index (χ4n) is 2.09. The van der Waals surface area contributed by atoms with E-state index >= 15 is 0 Å².